The van der Waals surface area contributed by atoms with E-state index in [0.717, 1.165) is 31.1 Å². The van der Waals surface area contributed by atoms with Gasteiger partial charge in [-0.25, -0.2) is 9.97 Å². The smallest absolute Gasteiger partial charge is 0.224 e. The van der Waals surface area contributed by atoms with Gasteiger partial charge in [-0.15, -0.1) is 0 Å². The van der Waals surface area contributed by atoms with Crippen LogP contribution >= 0.6 is 0 Å². The van der Waals surface area contributed by atoms with Gasteiger partial charge in [0.15, 0.2) is 0 Å². The van der Waals surface area contributed by atoms with Crippen LogP contribution in [0.15, 0.2) is 36.7 Å². The third-order valence-electron chi connectivity index (χ3n) is 2.74. The van der Waals surface area contributed by atoms with Gasteiger partial charge in [0, 0.05) is 19.7 Å². The van der Waals surface area contributed by atoms with Gasteiger partial charge >= 0.3 is 0 Å². The minimum atomic E-state index is 0.528. The largest absolute Gasteiger partial charge is 0.439 e. The highest BCUT2D eigenvalue weighted by Gasteiger charge is 2.01. The fourth-order valence-electron chi connectivity index (χ4n) is 1.74. The van der Waals surface area contributed by atoms with Crippen molar-refractivity contribution in [3.63, 3.8) is 0 Å². The van der Waals surface area contributed by atoms with Gasteiger partial charge in [0.1, 0.15) is 17.9 Å². The van der Waals surface area contributed by atoms with Crippen molar-refractivity contribution >= 4 is 5.82 Å². The molecule has 0 unspecified atom stereocenters. The van der Waals surface area contributed by atoms with Crippen molar-refractivity contribution < 1.29 is 9.47 Å². The fraction of sp³-hybridized carbons (Fsp3) is 0.333. The van der Waals surface area contributed by atoms with Crippen LogP contribution < -0.4 is 10.1 Å². The van der Waals surface area contributed by atoms with Crippen LogP contribution in [0, 0.1) is 0 Å². The summed E-state index contributed by atoms with van der Waals surface area (Å²) >= 11 is 0. The van der Waals surface area contributed by atoms with E-state index in [-0.39, 0.29) is 0 Å². The maximum absolute atomic E-state index is 5.70. The number of ether oxygens (including phenoxy) is 2. The third kappa shape index (κ3) is 4.20. The van der Waals surface area contributed by atoms with Crippen molar-refractivity contribution in [3.8, 4) is 11.6 Å². The average Bonchev–Trinajstić information content (AvgIpc) is 2.47. The number of anilines is 1. The molecule has 20 heavy (non-hydrogen) atoms. The van der Waals surface area contributed by atoms with Crippen molar-refractivity contribution in [2.75, 3.05) is 25.6 Å². The second kappa shape index (κ2) is 7.45. The summed E-state index contributed by atoms with van der Waals surface area (Å²) in [5, 5.41) is 3.12. The molecule has 0 atom stereocenters. The molecule has 0 fully saturated rings. The fourth-order valence-corrected chi connectivity index (χ4v) is 1.74. The monoisotopic (exact) mass is 273 g/mol. The van der Waals surface area contributed by atoms with Gasteiger partial charge in [-0.1, -0.05) is 12.1 Å². The number of nitrogens with one attached hydrogen (secondary N) is 1. The molecule has 0 spiro atoms. The van der Waals surface area contributed by atoms with Crippen LogP contribution in [0.4, 0.5) is 5.82 Å². The molecule has 0 aliphatic rings. The Balaban J connectivity index is 2.00. The zero-order chi connectivity index (χ0) is 14.2. The Labute approximate surface area is 119 Å². The first-order valence-electron chi connectivity index (χ1n) is 6.63. The molecule has 5 nitrogen and oxygen atoms in total. The summed E-state index contributed by atoms with van der Waals surface area (Å²) in [6, 6.07) is 9.70. The Morgan fingerprint density at radius 1 is 1.15 bits per heavy atom. The molecule has 0 bridgehead atoms. The second-order valence-electron chi connectivity index (χ2n) is 4.26. The van der Waals surface area contributed by atoms with Crippen molar-refractivity contribution in [2.45, 2.75) is 13.3 Å². The maximum atomic E-state index is 5.70. The highest BCUT2D eigenvalue weighted by molar-refractivity contribution is 5.39. The normalized spacial score (nSPS) is 10.3. The quantitative estimate of drug-likeness (QED) is 0.840. The van der Waals surface area contributed by atoms with E-state index in [1.165, 1.54) is 11.9 Å². The van der Waals surface area contributed by atoms with E-state index >= 15 is 0 Å². The topological polar surface area (TPSA) is 56.3 Å². The Morgan fingerprint density at radius 2 is 1.95 bits per heavy atom. The van der Waals surface area contributed by atoms with Gasteiger partial charge in [0.05, 0.1) is 6.61 Å². The molecule has 1 heterocycles. The highest BCUT2D eigenvalue weighted by Crippen LogP contribution is 2.21. The summed E-state index contributed by atoms with van der Waals surface area (Å²) in [7, 11) is 1.70. The predicted molar refractivity (Wildman–Crippen MR) is 78.3 cm³/mol. The van der Waals surface area contributed by atoms with Gasteiger partial charge in [-0.2, -0.15) is 0 Å². The number of hydrogen-bond acceptors (Lipinski definition) is 5. The van der Waals surface area contributed by atoms with Crippen LogP contribution in [0.25, 0.3) is 0 Å². The second-order valence-corrected chi connectivity index (χ2v) is 4.26. The summed E-state index contributed by atoms with van der Waals surface area (Å²) < 4.78 is 10.8. The molecular formula is C15H19N3O2. The zero-order valence-electron chi connectivity index (χ0n) is 11.8. The minimum absolute atomic E-state index is 0.528. The van der Waals surface area contributed by atoms with Gasteiger partial charge in [-0.05, 0) is 31.0 Å². The van der Waals surface area contributed by atoms with Crippen LogP contribution in [-0.4, -0.2) is 30.2 Å². The Bertz CT molecular complexity index is 529. The highest BCUT2D eigenvalue weighted by atomic mass is 16.5. The van der Waals surface area contributed by atoms with Crippen molar-refractivity contribution in [3.05, 3.63) is 42.2 Å². The van der Waals surface area contributed by atoms with Gasteiger partial charge in [-0.3, -0.25) is 0 Å². The Kier molecular flexibility index (Phi) is 5.32. The minimum Gasteiger partial charge on any atom is -0.439 e. The first-order chi connectivity index (χ1) is 9.81. The summed E-state index contributed by atoms with van der Waals surface area (Å²) in [5.41, 5.74) is 1.22. The number of hydrogen-bond donors (Lipinski definition) is 1. The van der Waals surface area contributed by atoms with Crippen LogP contribution in [0.3, 0.4) is 0 Å². The summed E-state index contributed by atoms with van der Waals surface area (Å²) in [6.45, 7) is 3.55. The predicted octanol–water partition coefficient (Wildman–Crippen LogP) is 2.89. The molecule has 5 heteroatoms. The molecule has 0 radical (unpaired) electrons. The lowest BCUT2D eigenvalue weighted by Gasteiger charge is -2.07. The Hall–Kier alpha value is -2.14. The summed E-state index contributed by atoms with van der Waals surface area (Å²) in [4.78, 5) is 8.20. The van der Waals surface area contributed by atoms with Gasteiger partial charge < -0.3 is 14.8 Å². The molecule has 2 aromatic rings. The van der Waals surface area contributed by atoms with Gasteiger partial charge in [0.25, 0.3) is 0 Å². The lowest BCUT2D eigenvalue weighted by molar-refractivity contribution is 0.202. The van der Waals surface area contributed by atoms with Crippen molar-refractivity contribution in [2.24, 2.45) is 0 Å². The van der Waals surface area contributed by atoms with E-state index in [1.807, 2.05) is 31.2 Å². The lowest BCUT2D eigenvalue weighted by atomic mass is 10.1. The lowest BCUT2D eigenvalue weighted by Crippen LogP contribution is -2.00. The zero-order valence-corrected chi connectivity index (χ0v) is 11.8. The van der Waals surface area contributed by atoms with E-state index in [4.69, 9.17) is 9.47 Å². The molecule has 0 saturated carbocycles. The molecule has 0 aliphatic heterocycles. The molecule has 0 aliphatic carbocycles. The number of aromatic nitrogens is 2. The number of rotatable bonds is 7. The third-order valence-corrected chi connectivity index (χ3v) is 2.74. The molecule has 1 aromatic carbocycles. The Morgan fingerprint density at radius 3 is 2.65 bits per heavy atom. The van der Waals surface area contributed by atoms with E-state index in [9.17, 15) is 0 Å². The van der Waals surface area contributed by atoms with Crippen LogP contribution in [-0.2, 0) is 11.2 Å². The van der Waals surface area contributed by atoms with E-state index in [1.54, 1.807) is 13.2 Å². The molecule has 106 valence electrons. The molecular weight excluding hydrogens is 254 g/mol. The molecule has 1 N–H and O–H groups in total. The standard InChI is InChI=1S/C15H19N3O2/c1-3-16-14-10-15(18-11-17-14)20-13-6-4-12(5-7-13)8-9-19-2/h4-7,10-11H,3,8-9H2,1-2H3,(H,16,17,18). The number of nitrogens with zero attached hydrogens (tertiary/aromatic N) is 2. The average molecular weight is 273 g/mol. The van der Waals surface area contributed by atoms with Crippen molar-refractivity contribution in [1.82, 2.24) is 9.97 Å². The first kappa shape index (κ1) is 14.3. The first-order valence-corrected chi connectivity index (χ1v) is 6.63. The van der Waals surface area contributed by atoms with Crippen molar-refractivity contribution in [1.29, 1.82) is 0 Å². The molecule has 0 saturated heterocycles. The molecule has 0 amide bonds. The van der Waals surface area contributed by atoms with Crippen LogP contribution in [0.5, 0.6) is 11.6 Å². The SMILES string of the molecule is CCNc1cc(Oc2ccc(CCOC)cc2)ncn1. The summed E-state index contributed by atoms with van der Waals surface area (Å²) in [5.74, 6) is 2.04. The summed E-state index contributed by atoms with van der Waals surface area (Å²) in [6.07, 6.45) is 2.38. The van der Waals surface area contributed by atoms with E-state index < -0.39 is 0 Å². The van der Waals surface area contributed by atoms with E-state index in [0.29, 0.717) is 5.88 Å². The van der Waals surface area contributed by atoms with E-state index in [2.05, 4.69) is 15.3 Å². The number of methoxy groups -OCH3 is 1. The molecule has 2 rings (SSSR count). The number of benzene rings is 1. The van der Waals surface area contributed by atoms with Gasteiger partial charge in [0.2, 0.25) is 5.88 Å². The molecule has 1 aromatic heterocycles. The maximum Gasteiger partial charge on any atom is 0.224 e. The van der Waals surface area contributed by atoms with Crippen LogP contribution in [0.2, 0.25) is 0 Å². The van der Waals surface area contributed by atoms with Crippen LogP contribution in [0.1, 0.15) is 12.5 Å².